The van der Waals surface area contributed by atoms with Crippen molar-refractivity contribution in [3.8, 4) is 0 Å². The standard InChI is InChI=1S/C21H25.C15H14.C5H5.2ClH.Zr/c1-20(2,3)16-9-7-14-11-15-8-10-17(21(4,5)6)13-19(15)18(14)12-16;1-12-3-7-14(8-4-12)11-15-9-5-13(2)6-10-15;1-2-4-5-3-1;;;/h7-13H,1-6H3;3-10H,1-2H3;1-3H,4H2;2*1H;/q-1;;-1;;;+2. The Labute approximate surface area is 293 Å². The summed E-state index contributed by atoms with van der Waals surface area (Å²) < 4.78 is 1.42. The molecule has 1 aliphatic rings. The number of allylic oxidation sites excluding steroid dienone is 4. The first-order valence-corrected chi connectivity index (χ1v) is 16.1. The molecule has 5 aromatic rings. The van der Waals surface area contributed by atoms with E-state index in [1.165, 1.54) is 82.4 Å². The molecule has 0 unspecified atom stereocenters. The summed E-state index contributed by atoms with van der Waals surface area (Å²) in [7, 11) is 0. The molecule has 0 nitrogen and oxygen atoms in total. The minimum atomic E-state index is 0. The Morgan fingerprint density at radius 1 is 0.636 bits per heavy atom. The van der Waals surface area contributed by atoms with Gasteiger partial charge in [0.25, 0.3) is 0 Å². The Balaban J connectivity index is 0.000000260. The zero-order valence-corrected chi connectivity index (χ0v) is 31.5. The quantitative estimate of drug-likeness (QED) is 0.161. The van der Waals surface area contributed by atoms with Crippen LogP contribution in [0.4, 0.5) is 0 Å². The first kappa shape index (κ1) is 37.7. The largest absolute Gasteiger partial charge is 0.273 e. The van der Waals surface area contributed by atoms with Gasteiger partial charge in [-0.25, -0.2) is 12.2 Å². The first-order chi connectivity index (χ1) is 19.8. The third-order valence-corrected chi connectivity index (χ3v) is 9.13. The third-order valence-electron chi connectivity index (χ3n) is 7.71. The maximum Gasteiger partial charge on any atom is -0.109 e. The van der Waals surface area contributed by atoms with Crippen LogP contribution in [0.5, 0.6) is 0 Å². The molecule has 5 aromatic carbocycles. The molecule has 0 saturated carbocycles. The summed E-state index contributed by atoms with van der Waals surface area (Å²) in [6.07, 6.45) is 10.0. The fourth-order valence-electron chi connectivity index (χ4n) is 4.88. The summed E-state index contributed by atoms with van der Waals surface area (Å²) in [5.74, 6) is 0. The van der Waals surface area contributed by atoms with Gasteiger partial charge in [-0.3, -0.25) is 6.08 Å². The number of halogens is 2. The Bertz CT molecular complexity index is 1590. The van der Waals surface area contributed by atoms with E-state index in [0.717, 1.165) is 6.42 Å². The molecule has 228 valence electrons. The first-order valence-electron chi connectivity index (χ1n) is 14.9. The fraction of sp³-hybridized carbons (Fsp3) is 0.268. The topological polar surface area (TPSA) is 0 Å². The van der Waals surface area contributed by atoms with E-state index in [2.05, 4.69) is 159 Å². The fourth-order valence-corrected chi connectivity index (χ4v) is 5.70. The van der Waals surface area contributed by atoms with Crippen LogP contribution >= 0.6 is 24.8 Å². The van der Waals surface area contributed by atoms with Crippen LogP contribution in [0.3, 0.4) is 0 Å². The molecule has 0 fully saturated rings. The van der Waals surface area contributed by atoms with Crippen molar-refractivity contribution in [3.05, 3.63) is 149 Å². The van der Waals surface area contributed by atoms with Crippen LogP contribution in [0.2, 0.25) is 0 Å². The Kier molecular flexibility index (Phi) is 13.9. The van der Waals surface area contributed by atoms with Gasteiger partial charge in [-0.05, 0) is 10.8 Å². The zero-order valence-electron chi connectivity index (χ0n) is 27.4. The van der Waals surface area contributed by atoms with Crippen LogP contribution in [-0.4, -0.2) is 3.21 Å². The van der Waals surface area contributed by atoms with Gasteiger partial charge in [-0.1, -0.05) is 76.9 Å². The molecule has 0 amide bonds. The minimum Gasteiger partial charge on any atom is -0.273 e. The van der Waals surface area contributed by atoms with Crippen molar-refractivity contribution < 1.29 is 24.2 Å². The number of rotatable bonds is 2. The second kappa shape index (κ2) is 16.2. The van der Waals surface area contributed by atoms with E-state index in [1.807, 2.05) is 12.2 Å². The van der Waals surface area contributed by atoms with E-state index in [0.29, 0.717) is 0 Å². The normalized spacial score (nSPS) is 12.0. The van der Waals surface area contributed by atoms with Crippen LogP contribution in [-0.2, 0) is 35.1 Å². The Hall–Kier alpha value is -2.44. The molecule has 0 heterocycles. The van der Waals surface area contributed by atoms with E-state index >= 15 is 0 Å². The van der Waals surface area contributed by atoms with E-state index in [-0.39, 0.29) is 35.6 Å². The smallest absolute Gasteiger partial charge is 0.109 e. The van der Waals surface area contributed by atoms with Crippen LogP contribution in [0.15, 0.2) is 109 Å². The maximum atomic E-state index is 2.99. The van der Waals surface area contributed by atoms with Gasteiger partial charge < -0.3 is 0 Å². The molecule has 0 atom stereocenters. The summed E-state index contributed by atoms with van der Waals surface area (Å²) in [4.78, 5) is 0. The molecule has 0 saturated heterocycles. The van der Waals surface area contributed by atoms with Crippen molar-refractivity contribution in [2.75, 3.05) is 0 Å². The van der Waals surface area contributed by atoms with Gasteiger partial charge in [-0.15, -0.1) is 71.0 Å². The minimum absolute atomic E-state index is 0. The summed E-state index contributed by atoms with van der Waals surface area (Å²) >= 11 is 1.46. The van der Waals surface area contributed by atoms with Crippen molar-refractivity contribution in [2.24, 2.45) is 0 Å². The van der Waals surface area contributed by atoms with Gasteiger partial charge in [0.1, 0.15) is 0 Å². The molecule has 6 rings (SSSR count). The molecular weight excluding hydrogens is 655 g/mol. The molecular formula is C41H46Cl2Zr. The summed E-state index contributed by atoms with van der Waals surface area (Å²) in [5.41, 5.74) is 8.51. The number of benzene rings is 4. The van der Waals surface area contributed by atoms with E-state index in [1.54, 1.807) is 0 Å². The average molecular weight is 701 g/mol. The van der Waals surface area contributed by atoms with Crippen molar-refractivity contribution in [3.63, 3.8) is 0 Å². The number of hydrogen-bond acceptors (Lipinski definition) is 0. The maximum absolute atomic E-state index is 2.99. The van der Waals surface area contributed by atoms with Crippen molar-refractivity contribution in [1.29, 1.82) is 0 Å². The molecule has 0 N–H and O–H groups in total. The number of aryl methyl sites for hydroxylation is 2. The van der Waals surface area contributed by atoms with Crippen molar-refractivity contribution in [1.82, 2.24) is 0 Å². The molecule has 0 radical (unpaired) electrons. The van der Waals surface area contributed by atoms with Gasteiger partial charge in [-0.2, -0.15) is 6.08 Å². The van der Waals surface area contributed by atoms with Crippen molar-refractivity contribution in [2.45, 2.75) is 72.6 Å². The summed E-state index contributed by atoms with van der Waals surface area (Å²) in [6.45, 7) is 17.9. The predicted octanol–water partition coefficient (Wildman–Crippen LogP) is 11.9. The van der Waals surface area contributed by atoms with Gasteiger partial charge in [0.15, 0.2) is 0 Å². The molecule has 0 aliphatic heterocycles. The van der Waals surface area contributed by atoms with Crippen molar-refractivity contribution >= 4 is 49.6 Å². The van der Waals surface area contributed by atoms with Gasteiger partial charge in [0.2, 0.25) is 0 Å². The molecule has 1 aliphatic carbocycles. The Morgan fingerprint density at radius 2 is 1.05 bits per heavy atom. The second-order valence-corrected chi connectivity index (χ2v) is 14.6. The molecule has 44 heavy (non-hydrogen) atoms. The van der Waals surface area contributed by atoms with E-state index in [4.69, 9.17) is 0 Å². The molecule has 0 aromatic heterocycles. The molecule has 0 bridgehead atoms. The summed E-state index contributed by atoms with van der Waals surface area (Å²) in [5, 5.41) is 5.49. The van der Waals surface area contributed by atoms with Crippen LogP contribution in [0, 0.1) is 19.9 Å². The second-order valence-electron chi connectivity index (χ2n) is 13.4. The molecule has 3 heteroatoms. The number of hydrogen-bond donors (Lipinski definition) is 0. The third kappa shape index (κ3) is 10.0. The van der Waals surface area contributed by atoms with Crippen LogP contribution in [0.1, 0.15) is 81.3 Å². The average Bonchev–Trinajstić information content (AvgIpc) is 3.64. The van der Waals surface area contributed by atoms with Crippen LogP contribution < -0.4 is 0 Å². The SMILES string of the molecule is CC(C)(C)c1ccc2[cH-]c3ccc(C(C)(C)C)cc3c2c1.Cc1ccc([C](=[Zr+2])c2ccc(C)cc2)cc1.Cl.Cl.[C-]1=CC=CC1. The Morgan fingerprint density at radius 3 is 1.34 bits per heavy atom. The van der Waals surface area contributed by atoms with E-state index in [9.17, 15) is 0 Å². The van der Waals surface area contributed by atoms with E-state index < -0.39 is 0 Å². The van der Waals surface area contributed by atoms with Gasteiger partial charge >= 0.3 is 112 Å². The number of fused-ring (bicyclic) bond motifs is 3. The predicted molar refractivity (Wildman–Crippen MR) is 196 cm³/mol. The zero-order chi connectivity index (χ0) is 30.5. The van der Waals surface area contributed by atoms with Gasteiger partial charge in [0, 0.05) is 0 Å². The van der Waals surface area contributed by atoms with Crippen LogP contribution in [0.25, 0.3) is 21.5 Å². The van der Waals surface area contributed by atoms with Gasteiger partial charge in [0.05, 0.1) is 0 Å². The monoisotopic (exact) mass is 698 g/mol. The summed E-state index contributed by atoms with van der Waals surface area (Å²) in [6, 6.07) is 33.7. The molecule has 0 spiro atoms.